The molecule has 2 aromatic rings. The number of amides is 1. The number of benzene rings is 2. The van der Waals surface area contributed by atoms with Crippen molar-refractivity contribution in [2.24, 2.45) is 5.92 Å². The van der Waals surface area contributed by atoms with Gasteiger partial charge >= 0.3 is 0 Å². The van der Waals surface area contributed by atoms with Gasteiger partial charge in [0.2, 0.25) is 5.91 Å². The first kappa shape index (κ1) is 20.7. The largest absolute Gasteiger partial charge is 0.372 e. The smallest absolute Gasteiger partial charge is 0.228 e. The Morgan fingerprint density at radius 3 is 2.35 bits per heavy atom. The molecular formula is C25H30ClN3O2. The Labute approximate surface area is 189 Å². The van der Waals surface area contributed by atoms with Gasteiger partial charge in [0.1, 0.15) is 0 Å². The SMILES string of the molecule is CC1CN(C(=O)C2Cc3ccccc3N3CCN(c4ccccc4Cl)CC23)CC(C)O1. The number of halogens is 1. The van der Waals surface area contributed by atoms with E-state index in [0.717, 1.165) is 36.8 Å². The van der Waals surface area contributed by atoms with Crippen LogP contribution in [0.2, 0.25) is 5.02 Å². The lowest BCUT2D eigenvalue weighted by molar-refractivity contribution is -0.148. The molecule has 3 aliphatic rings. The summed E-state index contributed by atoms with van der Waals surface area (Å²) in [5, 5.41) is 0.769. The minimum Gasteiger partial charge on any atom is -0.372 e. The van der Waals surface area contributed by atoms with E-state index in [1.807, 2.05) is 23.1 Å². The molecule has 2 aromatic carbocycles. The number of piperazine rings is 1. The average molecular weight is 440 g/mol. The second-order valence-corrected chi connectivity index (χ2v) is 9.51. The molecule has 5 rings (SSSR count). The van der Waals surface area contributed by atoms with Crippen LogP contribution >= 0.6 is 11.6 Å². The van der Waals surface area contributed by atoms with Crippen molar-refractivity contribution >= 4 is 28.9 Å². The fraction of sp³-hybridized carbons (Fsp3) is 0.480. The molecule has 1 amide bonds. The molecule has 0 aliphatic carbocycles. The van der Waals surface area contributed by atoms with Gasteiger partial charge in [-0.2, -0.15) is 0 Å². The van der Waals surface area contributed by atoms with Gasteiger partial charge in [-0.15, -0.1) is 0 Å². The minimum absolute atomic E-state index is 0.0716. The van der Waals surface area contributed by atoms with Gasteiger partial charge in [0.15, 0.2) is 0 Å². The average Bonchev–Trinajstić information content (AvgIpc) is 2.77. The number of carbonyl (C=O) groups is 1. The van der Waals surface area contributed by atoms with Crippen molar-refractivity contribution < 1.29 is 9.53 Å². The summed E-state index contributed by atoms with van der Waals surface area (Å²) in [5.41, 5.74) is 3.61. The van der Waals surface area contributed by atoms with Crippen molar-refractivity contribution in [3.05, 3.63) is 59.1 Å². The van der Waals surface area contributed by atoms with Gasteiger partial charge in [-0.05, 0) is 44.0 Å². The van der Waals surface area contributed by atoms with Crippen molar-refractivity contribution in [3.8, 4) is 0 Å². The summed E-state index contributed by atoms with van der Waals surface area (Å²) in [6.45, 7) is 8.01. The highest BCUT2D eigenvalue weighted by Gasteiger charge is 2.44. The fourth-order valence-electron chi connectivity index (χ4n) is 5.56. The number of carbonyl (C=O) groups excluding carboxylic acids is 1. The number of rotatable bonds is 2. The zero-order valence-corrected chi connectivity index (χ0v) is 19.0. The third-order valence-electron chi connectivity index (χ3n) is 6.87. The summed E-state index contributed by atoms with van der Waals surface area (Å²) >= 11 is 6.52. The van der Waals surface area contributed by atoms with Crippen LogP contribution in [0.3, 0.4) is 0 Å². The minimum atomic E-state index is -0.0716. The van der Waals surface area contributed by atoms with Gasteiger partial charge in [0, 0.05) is 38.4 Å². The predicted molar refractivity (Wildman–Crippen MR) is 125 cm³/mol. The van der Waals surface area contributed by atoms with E-state index in [2.05, 4.69) is 54.0 Å². The van der Waals surface area contributed by atoms with E-state index in [1.165, 1.54) is 11.3 Å². The highest BCUT2D eigenvalue weighted by Crippen LogP contribution is 2.38. The number of morpholine rings is 1. The summed E-state index contributed by atoms with van der Waals surface area (Å²) in [4.78, 5) is 20.7. The molecule has 4 atom stereocenters. The summed E-state index contributed by atoms with van der Waals surface area (Å²) in [7, 11) is 0. The fourth-order valence-corrected chi connectivity index (χ4v) is 5.82. The maximum absolute atomic E-state index is 13.8. The van der Waals surface area contributed by atoms with Gasteiger partial charge in [-0.25, -0.2) is 0 Å². The van der Waals surface area contributed by atoms with Crippen LogP contribution in [0.5, 0.6) is 0 Å². The first-order valence-corrected chi connectivity index (χ1v) is 11.7. The quantitative estimate of drug-likeness (QED) is 0.712. The molecule has 0 spiro atoms. The van der Waals surface area contributed by atoms with Crippen LogP contribution in [0, 0.1) is 5.92 Å². The number of para-hydroxylation sites is 2. The number of nitrogens with zero attached hydrogens (tertiary/aromatic N) is 3. The van der Waals surface area contributed by atoms with Crippen LogP contribution in [0.4, 0.5) is 11.4 Å². The molecule has 3 aliphatic heterocycles. The van der Waals surface area contributed by atoms with Crippen LogP contribution in [0.25, 0.3) is 0 Å². The molecule has 31 heavy (non-hydrogen) atoms. The molecule has 4 unspecified atom stereocenters. The monoisotopic (exact) mass is 439 g/mol. The van der Waals surface area contributed by atoms with Gasteiger partial charge in [-0.3, -0.25) is 4.79 Å². The van der Waals surface area contributed by atoms with Crippen LogP contribution < -0.4 is 9.80 Å². The Morgan fingerprint density at radius 2 is 1.61 bits per heavy atom. The summed E-state index contributed by atoms with van der Waals surface area (Å²) in [6, 6.07) is 16.7. The Bertz CT molecular complexity index is 957. The van der Waals surface area contributed by atoms with Crippen LogP contribution in [0.1, 0.15) is 19.4 Å². The Hall–Kier alpha value is -2.24. The molecule has 0 radical (unpaired) electrons. The van der Waals surface area contributed by atoms with Gasteiger partial charge in [-0.1, -0.05) is 41.9 Å². The van der Waals surface area contributed by atoms with Gasteiger partial charge < -0.3 is 19.4 Å². The highest BCUT2D eigenvalue weighted by atomic mass is 35.5. The maximum atomic E-state index is 13.8. The van der Waals surface area contributed by atoms with E-state index in [-0.39, 0.29) is 30.1 Å². The second-order valence-electron chi connectivity index (χ2n) is 9.10. The number of fused-ring (bicyclic) bond motifs is 3. The van der Waals surface area contributed by atoms with E-state index < -0.39 is 0 Å². The molecule has 0 aromatic heterocycles. The number of hydrogen-bond acceptors (Lipinski definition) is 4. The zero-order valence-electron chi connectivity index (χ0n) is 18.2. The lowest BCUT2D eigenvalue weighted by atomic mass is 9.82. The lowest BCUT2D eigenvalue weighted by Crippen LogP contribution is -2.62. The highest BCUT2D eigenvalue weighted by molar-refractivity contribution is 6.33. The summed E-state index contributed by atoms with van der Waals surface area (Å²) in [6.07, 6.45) is 0.934. The standard InChI is InChI=1S/C25H30ClN3O2/c1-17-14-28(15-18(2)31-17)25(30)20-13-19-7-3-5-9-22(19)29-12-11-27(16-24(20)29)23-10-6-4-8-21(23)26/h3-10,17-18,20,24H,11-16H2,1-2H3. The normalized spacial score (nSPS) is 28.2. The van der Waals surface area contributed by atoms with E-state index in [9.17, 15) is 4.79 Å². The summed E-state index contributed by atoms with van der Waals surface area (Å²) < 4.78 is 5.88. The maximum Gasteiger partial charge on any atom is 0.228 e. The molecule has 2 saturated heterocycles. The second kappa shape index (κ2) is 8.36. The molecule has 5 nitrogen and oxygen atoms in total. The van der Waals surface area contributed by atoms with Crippen LogP contribution in [0.15, 0.2) is 48.5 Å². The summed E-state index contributed by atoms with van der Waals surface area (Å²) in [5.74, 6) is 0.185. The Morgan fingerprint density at radius 1 is 0.935 bits per heavy atom. The first-order chi connectivity index (χ1) is 15.0. The Kier molecular flexibility index (Phi) is 5.57. The third-order valence-corrected chi connectivity index (χ3v) is 7.19. The van der Waals surface area contributed by atoms with Crippen molar-refractivity contribution in [1.29, 1.82) is 0 Å². The third kappa shape index (κ3) is 3.90. The van der Waals surface area contributed by atoms with E-state index in [4.69, 9.17) is 16.3 Å². The molecular weight excluding hydrogens is 410 g/mol. The lowest BCUT2D eigenvalue weighted by Gasteiger charge is -2.51. The van der Waals surface area contributed by atoms with Crippen LogP contribution in [-0.2, 0) is 16.0 Å². The van der Waals surface area contributed by atoms with Gasteiger partial charge in [0.25, 0.3) is 0 Å². The van der Waals surface area contributed by atoms with Crippen molar-refractivity contribution in [2.45, 2.75) is 38.5 Å². The van der Waals surface area contributed by atoms with Crippen LogP contribution in [-0.4, -0.2) is 61.8 Å². The molecule has 6 heteroatoms. The van der Waals surface area contributed by atoms with Crippen molar-refractivity contribution in [2.75, 3.05) is 42.5 Å². The molecule has 164 valence electrons. The zero-order chi connectivity index (χ0) is 21.5. The first-order valence-electron chi connectivity index (χ1n) is 11.3. The molecule has 3 heterocycles. The molecule has 0 saturated carbocycles. The topological polar surface area (TPSA) is 36.0 Å². The number of ether oxygens (including phenoxy) is 1. The van der Waals surface area contributed by atoms with E-state index in [0.29, 0.717) is 13.1 Å². The molecule has 0 N–H and O–H groups in total. The molecule has 2 fully saturated rings. The van der Waals surface area contributed by atoms with E-state index >= 15 is 0 Å². The van der Waals surface area contributed by atoms with Crippen molar-refractivity contribution in [1.82, 2.24) is 4.90 Å². The van der Waals surface area contributed by atoms with Gasteiger partial charge in [0.05, 0.1) is 34.9 Å². The van der Waals surface area contributed by atoms with E-state index in [1.54, 1.807) is 0 Å². The Balaban J connectivity index is 1.46. The number of hydrogen-bond donors (Lipinski definition) is 0. The van der Waals surface area contributed by atoms with Crippen molar-refractivity contribution in [3.63, 3.8) is 0 Å². The predicted octanol–water partition coefficient (Wildman–Crippen LogP) is 3.84. The molecule has 0 bridgehead atoms. The number of anilines is 2.